The molecule has 0 aromatic heterocycles. The smallest absolute Gasteiger partial charge is 0.323 e. The number of hydrogen-bond acceptors (Lipinski definition) is 5. The number of nitrogens with one attached hydrogen (secondary N) is 3. The lowest BCUT2D eigenvalue weighted by Crippen LogP contribution is -2.41. The van der Waals surface area contributed by atoms with Crippen molar-refractivity contribution in [2.45, 2.75) is 37.1 Å². The first-order chi connectivity index (χ1) is 15.5. The van der Waals surface area contributed by atoms with Crippen LogP contribution >= 0.6 is 34.8 Å². The highest BCUT2D eigenvalue weighted by atomic mass is 35.5. The molecule has 2 aromatic carbocycles. The summed E-state index contributed by atoms with van der Waals surface area (Å²) < 4.78 is 32.3. The predicted octanol–water partition coefficient (Wildman–Crippen LogP) is 4.77. The molecule has 2 aromatic rings. The first kappa shape index (κ1) is 27.2. The Morgan fingerprint density at radius 3 is 2.27 bits per heavy atom. The summed E-state index contributed by atoms with van der Waals surface area (Å²) in [7, 11) is -2.71. The summed E-state index contributed by atoms with van der Waals surface area (Å²) in [5.74, 6) is -0.689. The number of carbonyl (C=O) groups is 2. The molecule has 0 bridgehead atoms. The highest BCUT2D eigenvalue weighted by Gasteiger charge is 2.26. The van der Waals surface area contributed by atoms with Crippen LogP contribution in [0.3, 0.4) is 0 Å². The van der Waals surface area contributed by atoms with Crippen molar-refractivity contribution < 1.29 is 22.7 Å². The van der Waals surface area contributed by atoms with Crippen molar-refractivity contribution in [2.24, 2.45) is 0 Å². The molecule has 0 spiro atoms. The Morgan fingerprint density at radius 1 is 1.00 bits per heavy atom. The number of unbranched alkanes of at least 4 members (excludes halogenated alkanes) is 1. The van der Waals surface area contributed by atoms with Gasteiger partial charge < -0.3 is 15.4 Å². The maximum atomic E-state index is 12.6. The molecule has 0 aliphatic carbocycles. The fraction of sp³-hybridized carbons (Fsp3) is 0.333. The zero-order valence-electron chi connectivity index (χ0n) is 18.0. The summed E-state index contributed by atoms with van der Waals surface area (Å²) in [5, 5.41) is 5.97. The molecule has 2 amide bonds. The number of aryl methyl sites for hydroxylation is 1. The molecule has 0 saturated carbocycles. The second-order valence-electron chi connectivity index (χ2n) is 7.13. The van der Waals surface area contributed by atoms with Gasteiger partial charge in [0.1, 0.15) is 6.04 Å². The molecule has 0 aliphatic rings. The van der Waals surface area contributed by atoms with Gasteiger partial charge >= 0.3 is 12.0 Å². The Morgan fingerprint density at radius 2 is 1.64 bits per heavy atom. The quantitative estimate of drug-likeness (QED) is 0.230. The van der Waals surface area contributed by atoms with Crippen molar-refractivity contribution in [2.75, 3.05) is 19.0 Å². The molecule has 0 aliphatic heterocycles. The summed E-state index contributed by atoms with van der Waals surface area (Å²) in [6, 6.07) is 7.58. The Balaban J connectivity index is 1.84. The Hall–Kier alpha value is -2.04. The van der Waals surface area contributed by atoms with Gasteiger partial charge in [0.15, 0.2) is 0 Å². The lowest BCUT2D eigenvalue weighted by molar-refractivity contribution is -0.142. The molecule has 3 N–H and O–H groups in total. The van der Waals surface area contributed by atoms with Crippen molar-refractivity contribution in [3.63, 3.8) is 0 Å². The summed E-state index contributed by atoms with van der Waals surface area (Å²) in [4.78, 5) is 24.2. The second kappa shape index (κ2) is 12.4. The predicted molar refractivity (Wildman–Crippen MR) is 130 cm³/mol. The number of methoxy groups -OCH3 is 1. The second-order valence-corrected chi connectivity index (χ2v) is 10.1. The van der Waals surface area contributed by atoms with Crippen LogP contribution in [0, 0.1) is 6.92 Å². The van der Waals surface area contributed by atoms with E-state index in [4.69, 9.17) is 39.5 Å². The maximum Gasteiger partial charge on any atom is 0.323 e. The lowest BCUT2D eigenvalue weighted by Gasteiger charge is -2.17. The summed E-state index contributed by atoms with van der Waals surface area (Å²) >= 11 is 17.8. The Bertz CT molecular complexity index is 1100. The Labute approximate surface area is 208 Å². The van der Waals surface area contributed by atoms with Crippen LogP contribution in [0.5, 0.6) is 0 Å². The van der Waals surface area contributed by atoms with Crippen LogP contribution in [0.25, 0.3) is 0 Å². The lowest BCUT2D eigenvalue weighted by atomic mass is 10.1. The molecular weight excluding hydrogens is 513 g/mol. The zero-order valence-corrected chi connectivity index (χ0v) is 21.0. The number of esters is 1. The molecule has 12 heteroatoms. The molecule has 0 fully saturated rings. The molecule has 0 heterocycles. The highest BCUT2D eigenvalue weighted by molar-refractivity contribution is 7.89. The third-order valence-electron chi connectivity index (χ3n) is 4.58. The maximum absolute atomic E-state index is 12.6. The number of ether oxygens (including phenoxy) is 1. The summed E-state index contributed by atoms with van der Waals surface area (Å²) in [6.45, 7) is 2.12. The normalized spacial score (nSPS) is 12.2. The van der Waals surface area contributed by atoms with Crippen LogP contribution in [0.4, 0.5) is 10.5 Å². The van der Waals surface area contributed by atoms with Crippen LogP contribution < -0.4 is 15.4 Å². The van der Waals surface area contributed by atoms with Crippen LogP contribution in [0.2, 0.25) is 15.1 Å². The zero-order chi connectivity index (χ0) is 24.6. The number of benzene rings is 2. The van der Waals surface area contributed by atoms with E-state index in [0.717, 1.165) is 5.56 Å². The van der Waals surface area contributed by atoms with E-state index >= 15 is 0 Å². The van der Waals surface area contributed by atoms with Gasteiger partial charge in [-0.25, -0.2) is 13.2 Å². The SMILES string of the molecule is COC(=O)C(CCCCNC(=O)Nc1cc(Cl)c(Cl)cc1Cl)NS(=O)(=O)c1ccc(C)cc1. The van der Waals surface area contributed by atoms with Crippen molar-refractivity contribution >= 4 is 62.5 Å². The average Bonchev–Trinajstić information content (AvgIpc) is 2.76. The van der Waals surface area contributed by atoms with E-state index in [-0.39, 0.29) is 32.9 Å². The minimum atomic E-state index is -3.90. The number of halogens is 3. The number of urea groups is 1. The van der Waals surface area contributed by atoms with E-state index in [9.17, 15) is 18.0 Å². The highest BCUT2D eigenvalue weighted by Crippen LogP contribution is 2.32. The topological polar surface area (TPSA) is 114 Å². The number of carbonyl (C=O) groups excluding carboxylic acids is 2. The summed E-state index contributed by atoms with van der Waals surface area (Å²) in [5.41, 5.74) is 1.22. The van der Waals surface area contributed by atoms with Gasteiger partial charge in [-0.1, -0.05) is 52.5 Å². The number of sulfonamides is 1. The van der Waals surface area contributed by atoms with Crippen molar-refractivity contribution in [3.8, 4) is 0 Å². The third kappa shape index (κ3) is 8.35. The molecule has 1 atom stereocenters. The van der Waals surface area contributed by atoms with Crippen molar-refractivity contribution in [1.82, 2.24) is 10.0 Å². The summed E-state index contributed by atoms with van der Waals surface area (Å²) in [6.07, 6.45) is 1.13. The minimum Gasteiger partial charge on any atom is -0.468 e. The van der Waals surface area contributed by atoms with Crippen LogP contribution in [-0.2, 0) is 19.6 Å². The first-order valence-electron chi connectivity index (χ1n) is 9.89. The molecule has 0 saturated heterocycles. The number of hydrogen-bond donors (Lipinski definition) is 3. The standard InChI is InChI=1S/C21H24Cl3N3O5S/c1-13-6-8-14(9-7-13)33(30,31)27-18(20(28)32-2)5-3-4-10-25-21(29)26-19-12-16(23)15(22)11-17(19)24/h6-9,11-12,18,27H,3-5,10H2,1-2H3,(H2,25,26,29). The molecule has 1 unspecified atom stereocenters. The fourth-order valence-electron chi connectivity index (χ4n) is 2.80. The fourth-order valence-corrected chi connectivity index (χ4v) is 4.61. The van der Waals surface area contributed by atoms with E-state index in [1.807, 2.05) is 6.92 Å². The van der Waals surface area contributed by atoms with Gasteiger partial charge in [0, 0.05) is 6.54 Å². The van der Waals surface area contributed by atoms with Gasteiger partial charge in [0.2, 0.25) is 10.0 Å². The molecule has 8 nitrogen and oxygen atoms in total. The van der Waals surface area contributed by atoms with E-state index in [0.29, 0.717) is 18.5 Å². The molecule has 2 rings (SSSR count). The molecular formula is C21H24Cl3N3O5S. The van der Waals surface area contributed by atoms with Gasteiger partial charge in [0.25, 0.3) is 0 Å². The first-order valence-corrected chi connectivity index (χ1v) is 12.5. The van der Waals surface area contributed by atoms with E-state index in [1.54, 1.807) is 12.1 Å². The van der Waals surface area contributed by atoms with Gasteiger partial charge in [-0.3, -0.25) is 4.79 Å². The van der Waals surface area contributed by atoms with Crippen LogP contribution in [0.1, 0.15) is 24.8 Å². The minimum absolute atomic E-state index is 0.0568. The van der Waals surface area contributed by atoms with Gasteiger partial charge in [-0.2, -0.15) is 4.72 Å². The third-order valence-corrected chi connectivity index (χ3v) is 7.10. The average molecular weight is 537 g/mol. The monoisotopic (exact) mass is 535 g/mol. The van der Waals surface area contributed by atoms with E-state index in [2.05, 4.69) is 15.4 Å². The molecule has 33 heavy (non-hydrogen) atoms. The molecule has 0 radical (unpaired) electrons. The van der Waals surface area contributed by atoms with Crippen molar-refractivity contribution in [1.29, 1.82) is 0 Å². The van der Waals surface area contributed by atoms with Crippen molar-refractivity contribution in [3.05, 3.63) is 57.0 Å². The number of amides is 2. The number of rotatable bonds is 10. The van der Waals surface area contributed by atoms with Gasteiger partial charge in [-0.15, -0.1) is 0 Å². The van der Waals surface area contributed by atoms with E-state index in [1.165, 1.54) is 31.4 Å². The number of anilines is 1. The Kier molecular flexibility index (Phi) is 10.2. The van der Waals surface area contributed by atoms with E-state index < -0.39 is 28.1 Å². The van der Waals surface area contributed by atoms with Gasteiger partial charge in [0.05, 0.1) is 32.8 Å². The van der Waals surface area contributed by atoms with Gasteiger partial charge in [-0.05, 0) is 50.5 Å². The van der Waals surface area contributed by atoms with Crippen LogP contribution in [0.15, 0.2) is 41.3 Å². The largest absolute Gasteiger partial charge is 0.468 e. The molecule has 180 valence electrons. The van der Waals surface area contributed by atoms with Crippen LogP contribution in [-0.4, -0.2) is 40.1 Å².